The fraction of sp³-hybridized carbons (Fsp3) is 0.588. The summed E-state index contributed by atoms with van der Waals surface area (Å²) in [7, 11) is 1.72. The second-order valence-electron chi connectivity index (χ2n) is 6.83. The summed E-state index contributed by atoms with van der Waals surface area (Å²) in [6.45, 7) is 0.271. The van der Waals surface area contributed by atoms with Crippen LogP contribution in [-0.4, -0.2) is 34.9 Å². The van der Waals surface area contributed by atoms with Gasteiger partial charge in [-0.05, 0) is 36.8 Å². The zero-order chi connectivity index (χ0) is 17.3. The number of halogens is 1. The van der Waals surface area contributed by atoms with Crippen molar-refractivity contribution >= 4 is 23.2 Å². The van der Waals surface area contributed by atoms with Gasteiger partial charge in [-0.3, -0.25) is 14.9 Å². The molecule has 0 bridgehead atoms. The summed E-state index contributed by atoms with van der Waals surface area (Å²) in [6.07, 6.45) is 5.71. The average molecular weight is 352 g/mol. The minimum absolute atomic E-state index is 0.0136. The Labute approximate surface area is 146 Å². The van der Waals surface area contributed by atoms with Gasteiger partial charge in [0, 0.05) is 36.8 Å². The Morgan fingerprint density at radius 3 is 2.88 bits per heavy atom. The molecule has 1 aliphatic carbocycles. The van der Waals surface area contributed by atoms with Gasteiger partial charge < -0.3 is 10.2 Å². The molecule has 1 aromatic rings. The van der Waals surface area contributed by atoms with Crippen molar-refractivity contribution in [3.8, 4) is 0 Å². The molecular formula is C17H22ClN3O3. The van der Waals surface area contributed by atoms with Crippen LogP contribution in [0.4, 0.5) is 5.69 Å². The van der Waals surface area contributed by atoms with Crippen molar-refractivity contribution in [1.82, 2.24) is 10.2 Å². The highest BCUT2D eigenvalue weighted by atomic mass is 35.5. The Hall–Kier alpha value is -1.66. The highest BCUT2D eigenvalue weighted by Gasteiger charge is 2.39. The summed E-state index contributed by atoms with van der Waals surface area (Å²) in [5.74, 6) is 0.634. The van der Waals surface area contributed by atoms with E-state index in [1.807, 2.05) is 0 Å². The van der Waals surface area contributed by atoms with E-state index in [2.05, 4.69) is 5.32 Å². The number of non-ortho nitro benzene ring substituents is 1. The van der Waals surface area contributed by atoms with Gasteiger partial charge in [-0.25, -0.2) is 0 Å². The smallest absolute Gasteiger partial charge is 0.269 e. The van der Waals surface area contributed by atoms with E-state index in [9.17, 15) is 14.9 Å². The fourth-order valence-corrected chi connectivity index (χ4v) is 4.08. The van der Waals surface area contributed by atoms with E-state index in [4.69, 9.17) is 11.6 Å². The third kappa shape index (κ3) is 3.54. The molecule has 2 fully saturated rings. The van der Waals surface area contributed by atoms with Crippen molar-refractivity contribution in [2.75, 3.05) is 7.05 Å². The molecule has 7 heteroatoms. The number of benzene rings is 1. The van der Waals surface area contributed by atoms with Crippen LogP contribution < -0.4 is 5.32 Å². The summed E-state index contributed by atoms with van der Waals surface area (Å²) in [5.41, 5.74) is 0.581. The largest absolute Gasteiger partial charge is 0.340 e. The topological polar surface area (TPSA) is 75.5 Å². The number of likely N-dealkylation sites (N-methyl/N-ethyl adjacent to an activating group) is 1. The summed E-state index contributed by atoms with van der Waals surface area (Å²) in [6, 6.07) is 4.63. The first-order valence-corrected chi connectivity index (χ1v) is 8.77. The number of nitro benzene ring substituents is 1. The van der Waals surface area contributed by atoms with E-state index in [1.54, 1.807) is 11.9 Å². The molecule has 1 saturated carbocycles. The fourth-order valence-electron chi connectivity index (χ4n) is 3.91. The summed E-state index contributed by atoms with van der Waals surface area (Å²) >= 11 is 6.13. The number of amides is 1. The van der Waals surface area contributed by atoms with Gasteiger partial charge in [0.1, 0.15) is 0 Å². The number of rotatable bonds is 4. The number of nitro groups is 1. The van der Waals surface area contributed by atoms with Crippen molar-refractivity contribution in [2.24, 2.45) is 5.92 Å². The van der Waals surface area contributed by atoms with Gasteiger partial charge in [-0.2, -0.15) is 0 Å². The lowest BCUT2D eigenvalue weighted by Gasteiger charge is -2.24. The monoisotopic (exact) mass is 351 g/mol. The number of nitrogens with one attached hydrogen (secondary N) is 1. The lowest BCUT2D eigenvalue weighted by atomic mass is 9.85. The Balaban J connectivity index is 1.66. The van der Waals surface area contributed by atoms with E-state index in [0.717, 1.165) is 12.8 Å². The Morgan fingerprint density at radius 1 is 1.42 bits per heavy atom. The lowest BCUT2D eigenvalue weighted by molar-refractivity contribution is -0.384. The molecule has 1 amide bonds. The highest BCUT2D eigenvalue weighted by molar-refractivity contribution is 6.31. The van der Waals surface area contributed by atoms with Gasteiger partial charge in [-0.1, -0.05) is 24.4 Å². The maximum atomic E-state index is 12.7. The van der Waals surface area contributed by atoms with Crippen molar-refractivity contribution in [3.05, 3.63) is 38.9 Å². The van der Waals surface area contributed by atoms with Crippen molar-refractivity contribution in [1.29, 1.82) is 0 Å². The zero-order valence-electron chi connectivity index (χ0n) is 13.7. The summed E-state index contributed by atoms with van der Waals surface area (Å²) in [4.78, 5) is 24.8. The second kappa shape index (κ2) is 7.07. The normalized spacial score (nSPS) is 26.0. The number of carbonyl (C=O) groups excluding carboxylic acids is 1. The van der Waals surface area contributed by atoms with Crippen LogP contribution in [0, 0.1) is 16.0 Å². The summed E-state index contributed by atoms with van der Waals surface area (Å²) in [5, 5.41) is 14.8. The summed E-state index contributed by atoms with van der Waals surface area (Å²) < 4.78 is 0. The molecule has 1 heterocycles. The molecule has 2 aliphatic rings. The third-order valence-corrected chi connectivity index (χ3v) is 5.55. The van der Waals surface area contributed by atoms with Crippen LogP contribution in [0.25, 0.3) is 0 Å². The molecule has 3 unspecified atom stereocenters. The lowest BCUT2D eigenvalue weighted by Crippen LogP contribution is -2.43. The van der Waals surface area contributed by atoms with Gasteiger partial charge in [0.25, 0.3) is 5.69 Å². The van der Waals surface area contributed by atoms with Gasteiger partial charge in [-0.15, -0.1) is 0 Å². The number of hydrogen-bond acceptors (Lipinski definition) is 4. The molecule has 1 aromatic carbocycles. The van der Waals surface area contributed by atoms with Crippen molar-refractivity contribution < 1.29 is 9.72 Å². The SMILES string of the molecule is CN(Cc1cc([N+](=O)[O-])ccc1Cl)C(=O)C1CC2CCCCC2N1. The molecule has 130 valence electrons. The van der Waals surface area contributed by atoms with E-state index >= 15 is 0 Å². The Bertz CT molecular complexity index is 638. The molecule has 1 saturated heterocycles. The first-order chi connectivity index (χ1) is 11.5. The van der Waals surface area contributed by atoms with Crippen LogP contribution in [0.1, 0.15) is 37.7 Å². The molecule has 3 rings (SSSR count). The number of fused-ring (bicyclic) bond motifs is 1. The standard InChI is InChI=1S/C17H22ClN3O3/c1-20(10-12-8-13(21(23)24)6-7-14(12)18)17(22)16-9-11-4-2-3-5-15(11)19-16/h6-8,11,15-16,19H,2-5,9-10H2,1H3. The molecule has 0 radical (unpaired) electrons. The molecule has 1 N–H and O–H groups in total. The van der Waals surface area contributed by atoms with Crippen molar-refractivity contribution in [3.63, 3.8) is 0 Å². The average Bonchev–Trinajstić information content (AvgIpc) is 2.99. The van der Waals surface area contributed by atoms with E-state index in [-0.39, 0.29) is 24.2 Å². The van der Waals surface area contributed by atoms with Crippen LogP contribution in [0.2, 0.25) is 5.02 Å². The minimum atomic E-state index is -0.454. The Kier molecular flexibility index (Phi) is 5.06. The van der Waals surface area contributed by atoms with E-state index < -0.39 is 4.92 Å². The van der Waals surface area contributed by atoms with Crippen LogP contribution in [-0.2, 0) is 11.3 Å². The molecule has 1 aliphatic heterocycles. The number of hydrogen-bond donors (Lipinski definition) is 1. The van der Waals surface area contributed by atoms with Gasteiger partial charge in [0.2, 0.25) is 5.91 Å². The molecule has 3 atom stereocenters. The minimum Gasteiger partial charge on any atom is -0.340 e. The molecule has 0 spiro atoms. The van der Waals surface area contributed by atoms with Gasteiger partial charge >= 0.3 is 0 Å². The van der Waals surface area contributed by atoms with Crippen LogP contribution in [0.15, 0.2) is 18.2 Å². The van der Waals surface area contributed by atoms with Crippen LogP contribution in [0.5, 0.6) is 0 Å². The zero-order valence-corrected chi connectivity index (χ0v) is 14.5. The Morgan fingerprint density at radius 2 is 2.17 bits per heavy atom. The van der Waals surface area contributed by atoms with E-state index in [0.29, 0.717) is 22.5 Å². The number of carbonyl (C=O) groups is 1. The number of nitrogens with zero attached hydrogens (tertiary/aromatic N) is 2. The van der Waals surface area contributed by atoms with Crippen LogP contribution >= 0.6 is 11.6 Å². The quantitative estimate of drug-likeness (QED) is 0.668. The molecule has 6 nitrogen and oxygen atoms in total. The maximum Gasteiger partial charge on any atom is 0.269 e. The van der Waals surface area contributed by atoms with Gasteiger partial charge in [0.05, 0.1) is 11.0 Å². The van der Waals surface area contributed by atoms with Crippen molar-refractivity contribution in [2.45, 2.75) is 50.7 Å². The first-order valence-electron chi connectivity index (χ1n) is 8.39. The third-order valence-electron chi connectivity index (χ3n) is 5.18. The predicted molar refractivity (Wildman–Crippen MR) is 91.9 cm³/mol. The molecular weight excluding hydrogens is 330 g/mol. The first kappa shape index (κ1) is 17.2. The maximum absolute atomic E-state index is 12.7. The van der Waals surface area contributed by atoms with Crippen LogP contribution in [0.3, 0.4) is 0 Å². The highest BCUT2D eigenvalue weighted by Crippen LogP contribution is 2.34. The predicted octanol–water partition coefficient (Wildman–Crippen LogP) is 3.13. The molecule has 24 heavy (non-hydrogen) atoms. The van der Waals surface area contributed by atoms with Gasteiger partial charge in [0.15, 0.2) is 0 Å². The van der Waals surface area contributed by atoms with E-state index in [1.165, 1.54) is 37.5 Å². The molecule has 0 aromatic heterocycles. The second-order valence-corrected chi connectivity index (χ2v) is 7.24.